The summed E-state index contributed by atoms with van der Waals surface area (Å²) in [7, 11) is 0. The predicted molar refractivity (Wildman–Crippen MR) is 126 cm³/mol. The molecule has 0 bridgehead atoms. The predicted octanol–water partition coefficient (Wildman–Crippen LogP) is 9.32. The molecule has 18 heteroatoms. The van der Waals surface area contributed by atoms with Crippen molar-refractivity contribution in [3.05, 3.63) is 0 Å². The molecule has 1 nitrogen and oxygen atoms in total. The largest absolute Gasteiger partial charge is 0.370 e. The van der Waals surface area contributed by atoms with E-state index in [0.717, 1.165) is 0 Å². The Hall–Kier alpha value is 4.89. The van der Waals surface area contributed by atoms with Gasteiger partial charge in [0.2, 0.25) is 5.06 Å². The Labute approximate surface area is 239 Å². The Morgan fingerprint density at radius 2 is 0.370 bits per heavy atom. The molecule has 0 spiro atoms. The standard InChI is InChI=1S/C9HCl17O/c10-1(11)2(12,13)4(16,17)6(20,21)8(24,25)9(26,27)7(22,23)5(18,19)3(1,14)15/h27H. The summed E-state index contributed by atoms with van der Waals surface area (Å²) in [6.45, 7) is 0. The van der Waals surface area contributed by atoms with Gasteiger partial charge in [0.15, 0.2) is 34.7 Å². The number of aliphatic hydroxyl groups is 1. The highest BCUT2D eigenvalue weighted by atomic mass is 35.6. The van der Waals surface area contributed by atoms with Crippen LogP contribution >= 0.6 is 197 Å². The van der Waals surface area contributed by atoms with E-state index in [1.807, 2.05) is 0 Å². The maximum Gasteiger partial charge on any atom is 0.211 e. The Bertz CT molecular complexity index is 409. The van der Waals surface area contributed by atoms with Crippen molar-refractivity contribution in [1.82, 2.24) is 0 Å². The highest BCUT2D eigenvalue weighted by Crippen LogP contribution is 2.77. The summed E-state index contributed by atoms with van der Waals surface area (Å²) in [4.78, 5) is 0. The van der Waals surface area contributed by atoms with E-state index in [2.05, 4.69) is 0 Å². The van der Waals surface area contributed by atoms with Gasteiger partial charge in [-0.2, -0.15) is 0 Å². The molecule has 1 rings (SSSR count). The minimum atomic E-state index is -3.42. The van der Waals surface area contributed by atoms with Gasteiger partial charge >= 0.3 is 0 Å². The van der Waals surface area contributed by atoms with Gasteiger partial charge in [0.05, 0.1) is 0 Å². The zero-order valence-electron chi connectivity index (χ0n) is 11.4. The number of halogens is 17. The first-order valence-electron chi connectivity index (χ1n) is 5.69. The van der Waals surface area contributed by atoms with Gasteiger partial charge in [-0.1, -0.05) is 197 Å². The first kappa shape index (κ1) is 29.9. The van der Waals surface area contributed by atoms with Gasteiger partial charge in [-0.25, -0.2) is 0 Å². The van der Waals surface area contributed by atoms with Crippen LogP contribution in [0.2, 0.25) is 0 Å². The molecule has 0 aromatic rings. The molecular weight excluding hydrogens is 727 g/mol. The van der Waals surface area contributed by atoms with E-state index in [-0.39, 0.29) is 0 Å². The van der Waals surface area contributed by atoms with Gasteiger partial charge in [-0.3, -0.25) is 0 Å². The van der Waals surface area contributed by atoms with Crippen molar-refractivity contribution in [2.75, 3.05) is 0 Å². The molecule has 0 atom stereocenters. The normalized spacial score (nSPS) is 34.0. The van der Waals surface area contributed by atoms with E-state index in [1.54, 1.807) is 0 Å². The first-order chi connectivity index (χ1) is 11.2. The van der Waals surface area contributed by atoms with E-state index < -0.39 is 39.7 Å². The lowest BCUT2D eigenvalue weighted by atomic mass is 10.0. The Morgan fingerprint density at radius 1 is 0.259 bits per heavy atom. The van der Waals surface area contributed by atoms with Crippen molar-refractivity contribution >= 4 is 197 Å². The van der Waals surface area contributed by atoms with Crippen LogP contribution in [-0.2, 0) is 0 Å². The van der Waals surface area contributed by atoms with E-state index in [9.17, 15) is 5.11 Å². The molecule has 0 aromatic carbocycles. The topological polar surface area (TPSA) is 20.2 Å². The molecule has 1 aliphatic rings. The second-order valence-corrected chi connectivity index (χ2v) is 16.4. The third-order valence-corrected chi connectivity index (χ3v) is 16.3. The minimum absolute atomic E-state index is 3.00. The van der Waals surface area contributed by atoms with Crippen LogP contribution in [0.4, 0.5) is 0 Å². The first-order valence-corrected chi connectivity index (χ1v) is 12.1. The van der Waals surface area contributed by atoms with Gasteiger partial charge < -0.3 is 5.11 Å². The van der Waals surface area contributed by atoms with E-state index in [4.69, 9.17) is 197 Å². The summed E-state index contributed by atoms with van der Waals surface area (Å²) < 4.78 is -24.5. The lowest BCUT2D eigenvalue weighted by Crippen LogP contribution is -2.70. The zero-order chi connectivity index (χ0) is 22.5. The van der Waals surface area contributed by atoms with Crippen LogP contribution in [-0.4, -0.2) is 44.8 Å². The molecule has 27 heavy (non-hydrogen) atoms. The minimum Gasteiger partial charge on any atom is -0.370 e. The number of hydrogen-bond donors (Lipinski definition) is 1. The van der Waals surface area contributed by atoms with Crippen molar-refractivity contribution in [2.24, 2.45) is 0 Å². The molecule has 1 saturated carbocycles. The molecule has 1 fully saturated rings. The van der Waals surface area contributed by atoms with Crippen molar-refractivity contribution in [3.8, 4) is 0 Å². The fourth-order valence-electron chi connectivity index (χ4n) is 1.80. The molecule has 0 amide bonds. The van der Waals surface area contributed by atoms with Crippen molar-refractivity contribution in [2.45, 2.75) is 39.7 Å². The molecule has 0 aromatic heterocycles. The Balaban J connectivity index is 4.27. The third kappa shape index (κ3) is 3.49. The summed E-state index contributed by atoms with van der Waals surface area (Å²) in [5.41, 5.74) is 0. The smallest absolute Gasteiger partial charge is 0.211 e. The summed E-state index contributed by atoms with van der Waals surface area (Å²) >= 11 is 104. The lowest BCUT2D eigenvalue weighted by molar-refractivity contribution is 0.0787. The molecule has 1 aliphatic carbocycles. The van der Waals surface area contributed by atoms with Crippen LogP contribution in [0, 0.1) is 0 Å². The number of hydrogen-bond acceptors (Lipinski definition) is 1. The maximum absolute atomic E-state index is 10.8. The Morgan fingerprint density at radius 3 is 0.519 bits per heavy atom. The molecule has 162 valence electrons. The van der Waals surface area contributed by atoms with Crippen molar-refractivity contribution in [1.29, 1.82) is 0 Å². The zero-order valence-corrected chi connectivity index (χ0v) is 24.2. The fraction of sp³-hybridized carbons (Fsp3) is 1.00. The van der Waals surface area contributed by atoms with Crippen LogP contribution in [0.15, 0.2) is 0 Å². The lowest BCUT2D eigenvalue weighted by Gasteiger charge is -2.52. The molecule has 0 radical (unpaired) electrons. The summed E-state index contributed by atoms with van der Waals surface area (Å²) in [6.07, 6.45) is 0. The maximum atomic E-state index is 10.8. The number of rotatable bonds is 0. The SMILES string of the molecule is OC1(Cl)C(Cl)(Cl)C(Cl)(Cl)C(Cl)(Cl)C(Cl)(Cl)C(Cl)(Cl)C(Cl)(Cl)C(Cl)(Cl)C1(Cl)Cl. The van der Waals surface area contributed by atoms with Crippen LogP contribution in [0.1, 0.15) is 0 Å². The second-order valence-electron chi connectivity index (χ2n) is 5.22. The third-order valence-electron chi connectivity index (χ3n) is 3.59. The van der Waals surface area contributed by atoms with Crippen molar-refractivity contribution < 1.29 is 5.11 Å². The fourth-order valence-corrected chi connectivity index (χ4v) is 8.14. The second kappa shape index (κ2) is 7.96. The summed E-state index contributed by atoms with van der Waals surface area (Å²) in [6, 6.07) is 0. The van der Waals surface area contributed by atoms with Crippen LogP contribution in [0.25, 0.3) is 0 Å². The quantitative estimate of drug-likeness (QED) is 0.247. The molecule has 0 unspecified atom stereocenters. The van der Waals surface area contributed by atoms with Gasteiger partial charge in [0.1, 0.15) is 0 Å². The Kier molecular flexibility index (Phi) is 8.82. The highest BCUT2D eigenvalue weighted by Gasteiger charge is 2.88. The van der Waals surface area contributed by atoms with Gasteiger partial charge in [-0.15, -0.1) is 0 Å². The summed E-state index contributed by atoms with van der Waals surface area (Å²) in [5, 5.41) is 7.41. The van der Waals surface area contributed by atoms with E-state index in [1.165, 1.54) is 0 Å². The molecule has 1 N–H and O–H groups in total. The molecule has 0 saturated heterocycles. The molecule has 0 heterocycles. The highest BCUT2D eigenvalue weighted by molar-refractivity contribution is 6.82. The van der Waals surface area contributed by atoms with Crippen molar-refractivity contribution in [3.63, 3.8) is 0 Å². The van der Waals surface area contributed by atoms with Gasteiger partial charge in [0.25, 0.3) is 0 Å². The number of alkyl halides is 17. The van der Waals surface area contributed by atoms with Crippen LogP contribution < -0.4 is 0 Å². The summed E-state index contributed by atoms with van der Waals surface area (Å²) in [5.74, 6) is 0. The van der Waals surface area contributed by atoms with E-state index in [0.29, 0.717) is 0 Å². The van der Waals surface area contributed by atoms with E-state index >= 15 is 0 Å². The monoisotopic (exact) mass is 719 g/mol. The van der Waals surface area contributed by atoms with Crippen LogP contribution in [0.3, 0.4) is 0 Å². The molecule has 0 aliphatic heterocycles. The van der Waals surface area contributed by atoms with Gasteiger partial charge in [-0.05, 0) is 0 Å². The van der Waals surface area contributed by atoms with Crippen LogP contribution in [0.5, 0.6) is 0 Å². The average Bonchev–Trinajstić information content (AvgIpc) is 2.44. The molecular formula is C9HCl17O. The average molecular weight is 728 g/mol. The van der Waals surface area contributed by atoms with Gasteiger partial charge in [0, 0.05) is 0 Å².